The van der Waals surface area contributed by atoms with Crippen LogP contribution in [0.2, 0.25) is 0 Å². The molecule has 1 unspecified atom stereocenters. The van der Waals surface area contributed by atoms with Gasteiger partial charge in [-0.2, -0.15) is 0 Å². The molecule has 41 heavy (non-hydrogen) atoms. The molecule has 1 aliphatic heterocycles. The maximum Gasteiger partial charge on any atom is 0.111 e. The Kier molecular flexibility index (Phi) is 5.45. The van der Waals surface area contributed by atoms with E-state index >= 15 is 0 Å². The third-order valence-electron chi connectivity index (χ3n) is 7.75. The minimum absolute atomic E-state index is 0.129. The van der Waals surface area contributed by atoms with E-state index in [9.17, 15) is 0 Å². The topological polar surface area (TPSA) is 55.6 Å². The van der Waals surface area contributed by atoms with Gasteiger partial charge in [0.05, 0.1) is 34.2 Å². The summed E-state index contributed by atoms with van der Waals surface area (Å²) in [5.74, 6) is 0.993. The summed E-state index contributed by atoms with van der Waals surface area (Å²) in [6.07, 6.45) is 12.0. The highest BCUT2D eigenvalue weighted by molar-refractivity contribution is 6.09. The van der Waals surface area contributed by atoms with Gasteiger partial charge in [0, 0.05) is 29.4 Å². The van der Waals surface area contributed by atoms with Gasteiger partial charge in [0.25, 0.3) is 0 Å². The Morgan fingerprint density at radius 3 is 2.44 bits per heavy atom. The highest BCUT2D eigenvalue weighted by atomic mass is 15.2. The summed E-state index contributed by atoms with van der Waals surface area (Å²) in [4.78, 5) is 14.2. The van der Waals surface area contributed by atoms with E-state index in [1.165, 1.54) is 16.2 Å². The molecular formula is C36H25N5. The van der Waals surface area contributed by atoms with Crippen molar-refractivity contribution in [3.63, 3.8) is 0 Å². The van der Waals surface area contributed by atoms with E-state index in [1.807, 2.05) is 36.8 Å². The molecule has 5 nitrogen and oxygen atoms in total. The van der Waals surface area contributed by atoms with E-state index in [0.29, 0.717) is 0 Å². The number of nitrogens with zero attached hydrogens (tertiary/aromatic N) is 4. The van der Waals surface area contributed by atoms with Gasteiger partial charge in [0.2, 0.25) is 0 Å². The molecule has 8 rings (SSSR count). The predicted octanol–water partition coefficient (Wildman–Crippen LogP) is 8.17. The van der Waals surface area contributed by atoms with Crippen molar-refractivity contribution in [3.05, 3.63) is 146 Å². The first-order valence-corrected chi connectivity index (χ1v) is 13.7. The van der Waals surface area contributed by atoms with Gasteiger partial charge in [-0.3, -0.25) is 14.5 Å². The summed E-state index contributed by atoms with van der Waals surface area (Å²) >= 11 is 0. The molecule has 0 saturated carbocycles. The Morgan fingerprint density at radius 1 is 0.659 bits per heavy atom. The summed E-state index contributed by atoms with van der Waals surface area (Å²) in [6, 6.07) is 35.8. The smallest absolute Gasteiger partial charge is 0.111 e. The second-order valence-electron chi connectivity index (χ2n) is 10.2. The van der Waals surface area contributed by atoms with E-state index in [0.717, 1.165) is 50.4 Å². The highest BCUT2D eigenvalue weighted by Gasteiger charge is 2.20. The molecule has 0 bridgehead atoms. The van der Waals surface area contributed by atoms with Gasteiger partial charge in [-0.05, 0) is 70.4 Å². The molecule has 1 aliphatic rings. The van der Waals surface area contributed by atoms with Crippen LogP contribution in [0.15, 0.2) is 140 Å². The number of dihydropyridines is 1. The number of aromatic nitrogens is 4. The van der Waals surface area contributed by atoms with Crippen LogP contribution in [0.4, 0.5) is 0 Å². The third-order valence-corrected chi connectivity index (χ3v) is 7.75. The Morgan fingerprint density at radius 2 is 1.51 bits per heavy atom. The number of nitrogens with one attached hydrogen (secondary N) is 1. The minimum Gasteiger partial charge on any atom is -0.359 e. The van der Waals surface area contributed by atoms with Gasteiger partial charge in [-0.25, -0.2) is 4.98 Å². The fraction of sp³-hybridized carbons (Fsp3) is 0.0278. The molecule has 0 spiro atoms. The Labute approximate surface area is 237 Å². The van der Waals surface area contributed by atoms with Crippen LogP contribution in [0.1, 0.15) is 11.7 Å². The van der Waals surface area contributed by atoms with Crippen molar-refractivity contribution in [3.8, 4) is 22.5 Å². The van der Waals surface area contributed by atoms with Crippen molar-refractivity contribution in [1.82, 2.24) is 24.8 Å². The number of para-hydroxylation sites is 1. The van der Waals surface area contributed by atoms with Crippen LogP contribution in [-0.2, 0) is 0 Å². The number of hydrogen-bond donors (Lipinski definition) is 1. The molecule has 0 fully saturated rings. The average Bonchev–Trinajstić information content (AvgIpc) is 3.39. The van der Waals surface area contributed by atoms with E-state index in [-0.39, 0.29) is 6.04 Å². The zero-order valence-electron chi connectivity index (χ0n) is 22.1. The number of benzene rings is 3. The molecule has 5 heterocycles. The maximum atomic E-state index is 5.13. The van der Waals surface area contributed by atoms with Gasteiger partial charge in [-0.15, -0.1) is 0 Å². The molecule has 7 aromatic rings. The first-order chi connectivity index (χ1) is 20.3. The Hall–Kier alpha value is -5.55. The van der Waals surface area contributed by atoms with Gasteiger partial charge in [0.15, 0.2) is 0 Å². The molecule has 1 atom stereocenters. The van der Waals surface area contributed by atoms with Crippen molar-refractivity contribution < 1.29 is 0 Å². The fourth-order valence-corrected chi connectivity index (χ4v) is 5.79. The Bertz CT molecular complexity index is 2090. The zero-order chi connectivity index (χ0) is 27.2. The molecule has 0 radical (unpaired) electrons. The highest BCUT2D eigenvalue weighted by Crippen LogP contribution is 2.34. The van der Waals surface area contributed by atoms with Crippen molar-refractivity contribution in [2.45, 2.75) is 6.04 Å². The number of fused-ring (bicyclic) bond motifs is 4. The largest absolute Gasteiger partial charge is 0.359 e. The first-order valence-electron chi connectivity index (χ1n) is 13.7. The zero-order valence-corrected chi connectivity index (χ0v) is 22.1. The van der Waals surface area contributed by atoms with Crippen molar-refractivity contribution in [1.29, 1.82) is 0 Å². The lowest BCUT2D eigenvalue weighted by Gasteiger charge is -2.24. The van der Waals surface area contributed by atoms with Crippen molar-refractivity contribution >= 4 is 38.4 Å². The molecule has 0 amide bonds. The van der Waals surface area contributed by atoms with Crippen LogP contribution in [0.3, 0.4) is 0 Å². The molecule has 0 saturated heterocycles. The molecule has 0 aliphatic carbocycles. The first kappa shape index (κ1) is 23.3. The lowest BCUT2D eigenvalue weighted by atomic mass is 9.98. The van der Waals surface area contributed by atoms with E-state index in [4.69, 9.17) is 4.98 Å². The van der Waals surface area contributed by atoms with Crippen LogP contribution in [0.25, 0.3) is 60.9 Å². The summed E-state index contributed by atoms with van der Waals surface area (Å²) < 4.78 is 2.27. The number of hydrogen-bond acceptors (Lipinski definition) is 4. The Balaban J connectivity index is 1.25. The van der Waals surface area contributed by atoms with Gasteiger partial charge < -0.3 is 5.32 Å². The molecule has 3 aromatic carbocycles. The lowest BCUT2D eigenvalue weighted by Crippen LogP contribution is -2.24. The minimum atomic E-state index is -0.129. The van der Waals surface area contributed by atoms with Crippen LogP contribution in [0, 0.1) is 0 Å². The third kappa shape index (κ3) is 4.07. The summed E-state index contributed by atoms with van der Waals surface area (Å²) in [7, 11) is 0. The number of pyridine rings is 3. The second-order valence-corrected chi connectivity index (χ2v) is 10.2. The molecule has 194 valence electrons. The monoisotopic (exact) mass is 527 g/mol. The van der Waals surface area contributed by atoms with Crippen LogP contribution in [-0.4, -0.2) is 19.5 Å². The SMILES string of the molecule is C1=CC(c2cc(-c3ccc4ccccc4c3)cc(-c3ccccn3)n2)NC(n2c3ccccc3c3cnccc32)=C1. The number of allylic oxidation sites excluding steroid dienone is 2. The van der Waals surface area contributed by atoms with Gasteiger partial charge in [-0.1, -0.05) is 72.8 Å². The predicted molar refractivity (Wildman–Crippen MR) is 167 cm³/mol. The standard InChI is InChI=1S/C36H25N5/c1-2-9-25-20-26(16-15-24(25)8-1)27-21-32(30-11-5-6-18-38-30)39-33(22-27)31-12-7-14-36(40-31)41-34-13-4-3-10-28(34)29-23-37-19-17-35(29)41/h1-23,31,40H. The molecule has 1 N–H and O–H groups in total. The summed E-state index contributed by atoms with van der Waals surface area (Å²) in [5.41, 5.74) is 7.13. The number of rotatable bonds is 4. The van der Waals surface area contributed by atoms with Crippen LogP contribution >= 0.6 is 0 Å². The van der Waals surface area contributed by atoms with Crippen LogP contribution in [0.5, 0.6) is 0 Å². The van der Waals surface area contributed by atoms with Gasteiger partial charge in [0.1, 0.15) is 5.82 Å². The van der Waals surface area contributed by atoms with Crippen molar-refractivity contribution in [2.75, 3.05) is 0 Å². The second kappa shape index (κ2) is 9.57. The van der Waals surface area contributed by atoms with Crippen molar-refractivity contribution in [2.24, 2.45) is 0 Å². The van der Waals surface area contributed by atoms with E-state index < -0.39 is 0 Å². The average molecular weight is 528 g/mol. The maximum absolute atomic E-state index is 5.13. The lowest BCUT2D eigenvalue weighted by molar-refractivity contribution is 0.714. The fourth-order valence-electron chi connectivity index (χ4n) is 5.79. The van der Waals surface area contributed by atoms with Crippen LogP contribution < -0.4 is 5.32 Å². The normalized spacial score (nSPS) is 14.8. The molecular weight excluding hydrogens is 502 g/mol. The molecule has 5 heteroatoms. The molecule has 4 aromatic heterocycles. The van der Waals surface area contributed by atoms with E-state index in [2.05, 4.69) is 123 Å². The quantitative estimate of drug-likeness (QED) is 0.251. The summed E-state index contributed by atoms with van der Waals surface area (Å²) in [6.45, 7) is 0. The van der Waals surface area contributed by atoms with E-state index in [1.54, 1.807) is 0 Å². The summed E-state index contributed by atoms with van der Waals surface area (Å²) in [5, 5.41) is 8.52. The van der Waals surface area contributed by atoms with Gasteiger partial charge >= 0.3 is 0 Å².